The van der Waals surface area contributed by atoms with Crippen LogP contribution >= 0.6 is 0 Å². The first-order valence-corrected chi connectivity index (χ1v) is 7.80. The summed E-state index contributed by atoms with van der Waals surface area (Å²) in [5, 5.41) is 9.12. The maximum atomic E-state index is 11.8. The van der Waals surface area contributed by atoms with Crippen LogP contribution in [-0.2, 0) is 4.79 Å². The molecule has 0 unspecified atom stereocenters. The van der Waals surface area contributed by atoms with Gasteiger partial charge >= 0.3 is 11.9 Å². The fourth-order valence-corrected chi connectivity index (χ4v) is 2.17. The number of hydrogen-bond donors (Lipinski definition) is 1. The van der Waals surface area contributed by atoms with Gasteiger partial charge in [0.05, 0.1) is 18.6 Å². The number of rotatable bonds is 6. The van der Waals surface area contributed by atoms with Crippen molar-refractivity contribution in [2.45, 2.75) is 13.8 Å². The van der Waals surface area contributed by atoms with Gasteiger partial charge in [-0.2, -0.15) is 0 Å². The van der Waals surface area contributed by atoms with Gasteiger partial charge in [-0.3, -0.25) is 4.79 Å². The van der Waals surface area contributed by atoms with Crippen LogP contribution in [-0.4, -0.2) is 31.2 Å². The zero-order valence-electron chi connectivity index (χ0n) is 14.6. The van der Waals surface area contributed by atoms with E-state index < -0.39 is 5.97 Å². The fraction of sp³-hybridized carbons (Fsp3) is 0.263. The van der Waals surface area contributed by atoms with Crippen molar-refractivity contribution in [3.05, 3.63) is 48.0 Å². The number of benzene rings is 2. The summed E-state index contributed by atoms with van der Waals surface area (Å²) in [6, 6.07) is 11.8. The number of aromatic carboxylic acids is 1. The number of carboxylic acids is 1. The summed E-state index contributed by atoms with van der Waals surface area (Å²) >= 11 is 0. The van der Waals surface area contributed by atoms with Crippen LogP contribution in [0.5, 0.6) is 11.5 Å². The van der Waals surface area contributed by atoms with Gasteiger partial charge in [0, 0.05) is 24.5 Å². The number of carbonyl (C=O) groups excluding carboxylic acids is 1. The summed E-state index contributed by atoms with van der Waals surface area (Å²) in [6.45, 7) is 3.51. The zero-order chi connectivity index (χ0) is 18.6. The molecule has 0 saturated heterocycles. The van der Waals surface area contributed by atoms with Gasteiger partial charge in [0.25, 0.3) is 0 Å². The summed E-state index contributed by atoms with van der Waals surface area (Å²) in [7, 11) is 3.31. The van der Waals surface area contributed by atoms with Crippen LogP contribution in [0.1, 0.15) is 24.2 Å². The third kappa shape index (κ3) is 4.29. The second-order valence-electron chi connectivity index (χ2n) is 5.83. The van der Waals surface area contributed by atoms with Crippen molar-refractivity contribution >= 4 is 23.3 Å². The molecule has 0 saturated carbocycles. The number of carbonyl (C=O) groups is 2. The van der Waals surface area contributed by atoms with Crippen molar-refractivity contribution in [1.82, 2.24) is 0 Å². The SMILES string of the molecule is COc1cc(N(C)c2cccc(C(=O)O)c2)ccc1OC(=O)C(C)C. The molecule has 0 spiro atoms. The standard InChI is InChI=1S/C19H21NO5/c1-12(2)19(23)25-16-9-8-15(11-17(16)24-4)20(3)14-7-5-6-13(10-14)18(21)22/h5-12H,1-4H3,(H,21,22). The predicted octanol–water partition coefficient (Wildman–Crippen LogP) is 3.72. The highest BCUT2D eigenvalue weighted by Crippen LogP contribution is 2.34. The van der Waals surface area contributed by atoms with Gasteiger partial charge in [-0.1, -0.05) is 19.9 Å². The Kier molecular flexibility index (Phi) is 5.64. The topological polar surface area (TPSA) is 76.1 Å². The molecule has 2 rings (SSSR count). The van der Waals surface area contributed by atoms with Gasteiger partial charge < -0.3 is 19.5 Å². The Morgan fingerprint density at radius 3 is 2.32 bits per heavy atom. The fourth-order valence-electron chi connectivity index (χ4n) is 2.17. The van der Waals surface area contributed by atoms with Crippen LogP contribution in [0.2, 0.25) is 0 Å². The molecule has 0 aromatic heterocycles. The van der Waals surface area contributed by atoms with Crippen LogP contribution < -0.4 is 14.4 Å². The van der Waals surface area contributed by atoms with E-state index in [1.807, 2.05) is 18.0 Å². The number of anilines is 2. The molecule has 0 bridgehead atoms. The minimum Gasteiger partial charge on any atom is -0.493 e. The third-order valence-corrected chi connectivity index (χ3v) is 3.70. The Balaban J connectivity index is 2.32. The first-order chi connectivity index (χ1) is 11.8. The Bertz CT molecular complexity index is 785. The molecule has 2 aromatic rings. The van der Waals surface area contributed by atoms with Crippen molar-refractivity contribution < 1.29 is 24.2 Å². The molecule has 0 aliphatic carbocycles. The van der Waals surface area contributed by atoms with Crippen LogP contribution in [0.3, 0.4) is 0 Å². The molecule has 0 atom stereocenters. The summed E-state index contributed by atoms with van der Waals surface area (Å²) < 4.78 is 10.6. The Morgan fingerprint density at radius 2 is 1.72 bits per heavy atom. The van der Waals surface area contributed by atoms with E-state index in [0.29, 0.717) is 17.2 Å². The molecule has 6 heteroatoms. The maximum Gasteiger partial charge on any atom is 0.335 e. The van der Waals surface area contributed by atoms with Crippen molar-refractivity contribution in [2.75, 3.05) is 19.1 Å². The predicted molar refractivity (Wildman–Crippen MR) is 94.9 cm³/mol. The Morgan fingerprint density at radius 1 is 1.04 bits per heavy atom. The maximum absolute atomic E-state index is 11.8. The Labute approximate surface area is 146 Å². The average molecular weight is 343 g/mol. The molecule has 2 aromatic carbocycles. The van der Waals surface area contributed by atoms with Gasteiger partial charge in [-0.05, 0) is 30.3 Å². The number of esters is 1. The molecule has 132 valence electrons. The quantitative estimate of drug-likeness (QED) is 0.636. The van der Waals surface area contributed by atoms with E-state index in [9.17, 15) is 9.59 Å². The van der Waals surface area contributed by atoms with Crippen molar-refractivity contribution in [3.8, 4) is 11.5 Å². The van der Waals surface area contributed by atoms with Crippen LogP contribution in [0.15, 0.2) is 42.5 Å². The van der Waals surface area contributed by atoms with Gasteiger partial charge in [-0.15, -0.1) is 0 Å². The van der Waals surface area contributed by atoms with Crippen LogP contribution in [0.25, 0.3) is 0 Å². The highest BCUT2D eigenvalue weighted by Gasteiger charge is 2.15. The second kappa shape index (κ2) is 7.70. The minimum absolute atomic E-state index is 0.207. The third-order valence-electron chi connectivity index (χ3n) is 3.70. The number of methoxy groups -OCH3 is 1. The molecule has 1 N–H and O–H groups in total. The van der Waals surface area contributed by atoms with E-state index in [1.54, 1.807) is 44.2 Å². The molecule has 0 fully saturated rings. The van der Waals surface area contributed by atoms with Crippen LogP contribution in [0, 0.1) is 5.92 Å². The first-order valence-electron chi connectivity index (χ1n) is 7.80. The number of hydrogen-bond acceptors (Lipinski definition) is 5. The molecular weight excluding hydrogens is 322 g/mol. The van der Waals surface area contributed by atoms with Gasteiger partial charge in [0.2, 0.25) is 0 Å². The lowest BCUT2D eigenvalue weighted by atomic mass is 10.1. The van der Waals surface area contributed by atoms with Gasteiger partial charge in [-0.25, -0.2) is 4.79 Å². The lowest BCUT2D eigenvalue weighted by Crippen LogP contribution is -2.15. The lowest BCUT2D eigenvalue weighted by Gasteiger charge is -2.21. The normalized spacial score (nSPS) is 10.4. The molecule has 0 aliphatic heterocycles. The van der Waals surface area contributed by atoms with E-state index in [0.717, 1.165) is 5.69 Å². The van der Waals surface area contributed by atoms with E-state index in [-0.39, 0.29) is 17.5 Å². The molecule has 0 radical (unpaired) electrons. The van der Waals surface area contributed by atoms with Crippen LogP contribution in [0.4, 0.5) is 11.4 Å². The Hall–Kier alpha value is -3.02. The van der Waals surface area contributed by atoms with Crippen molar-refractivity contribution in [3.63, 3.8) is 0 Å². The van der Waals surface area contributed by atoms with E-state index in [1.165, 1.54) is 13.2 Å². The number of ether oxygens (including phenoxy) is 2. The van der Waals surface area contributed by atoms with E-state index in [2.05, 4.69) is 0 Å². The highest BCUT2D eigenvalue weighted by molar-refractivity contribution is 5.89. The zero-order valence-corrected chi connectivity index (χ0v) is 14.6. The first kappa shape index (κ1) is 18.3. The van der Waals surface area contributed by atoms with Crippen molar-refractivity contribution in [1.29, 1.82) is 0 Å². The molecule has 0 heterocycles. The van der Waals surface area contributed by atoms with Gasteiger partial charge in [0.1, 0.15) is 0 Å². The lowest BCUT2D eigenvalue weighted by molar-refractivity contribution is -0.137. The van der Waals surface area contributed by atoms with Crippen molar-refractivity contribution in [2.24, 2.45) is 5.92 Å². The summed E-state index contributed by atoms with van der Waals surface area (Å²) in [5.41, 5.74) is 1.69. The highest BCUT2D eigenvalue weighted by atomic mass is 16.6. The monoisotopic (exact) mass is 343 g/mol. The van der Waals surface area contributed by atoms with E-state index in [4.69, 9.17) is 14.6 Å². The number of nitrogens with zero attached hydrogens (tertiary/aromatic N) is 1. The smallest absolute Gasteiger partial charge is 0.335 e. The molecule has 0 amide bonds. The second-order valence-corrected chi connectivity index (χ2v) is 5.83. The molecular formula is C19H21NO5. The molecule has 25 heavy (non-hydrogen) atoms. The summed E-state index contributed by atoms with van der Waals surface area (Å²) in [5.74, 6) is -0.798. The number of carboxylic acid groups (broad SMARTS) is 1. The summed E-state index contributed by atoms with van der Waals surface area (Å²) in [6.07, 6.45) is 0. The molecule has 6 nitrogen and oxygen atoms in total. The average Bonchev–Trinajstić information content (AvgIpc) is 2.61. The van der Waals surface area contributed by atoms with E-state index >= 15 is 0 Å². The summed E-state index contributed by atoms with van der Waals surface area (Å²) in [4.78, 5) is 24.7. The van der Waals surface area contributed by atoms with Gasteiger partial charge in [0.15, 0.2) is 11.5 Å². The minimum atomic E-state index is -0.983. The molecule has 0 aliphatic rings. The largest absolute Gasteiger partial charge is 0.493 e.